The number of amides is 1. The Kier molecular flexibility index (Phi) is 5.86. The lowest BCUT2D eigenvalue weighted by Gasteiger charge is -2.43. The molecule has 174 valence electrons. The van der Waals surface area contributed by atoms with E-state index in [0.717, 1.165) is 48.0 Å². The van der Waals surface area contributed by atoms with Crippen molar-refractivity contribution in [3.8, 4) is 0 Å². The summed E-state index contributed by atoms with van der Waals surface area (Å²) in [7, 11) is 2.21. The number of hydrogen-bond donors (Lipinski definition) is 0. The molecule has 32 heavy (non-hydrogen) atoms. The van der Waals surface area contributed by atoms with E-state index in [9.17, 15) is 4.79 Å². The van der Waals surface area contributed by atoms with E-state index in [2.05, 4.69) is 67.9 Å². The zero-order chi connectivity index (χ0) is 23.3. The summed E-state index contributed by atoms with van der Waals surface area (Å²) in [6, 6.07) is 6.73. The van der Waals surface area contributed by atoms with Crippen molar-refractivity contribution in [3.05, 3.63) is 36.0 Å². The Labute approximate surface area is 192 Å². The van der Waals surface area contributed by atoms with Crippen LogP contribution in [-0.4, -0.2) is 57.0 Å². The van der Waals surface area contributed by atoms with Crippen molar-refractivity contribution >= 4 is 22.7 Å². The van der Waals surface area contributed by atoms with Crippen molar-refractivity contribution in [2.45, 2.75) is 78.0 Å². The van der Waals surface area contributed by atoms with Crippen LogP contribution in [0.5, 0.6) is 0 Å². The fraction of sp³-hybridized carbons (Fsp3) is 0.615. The molecule has 6 nitrogen and oxygen atoms in total. The summed E-state index contributed by atoms with van der Waals surface area (Å²) in [5, 5.41) is 6.02. The van der Waals surface area contributed by atoms with Gasteiger partial charge in [0, 0.05) is 30.2 Å². The van der Waals surface area contributed by atoms with Gasteiger partial charge in [-0.3, -0.25) is 9.58 Å². The highest BCUT2D eigenvalue weighted by Gasteiger charge is 2.34. The first-order valence-corrected chi connectivity index (χ1v) is 11.8. The van der Waals surface area contributed by atoms with E-state index in [0.29, 0.717) is 18.5 Å². The molecule has 0 N–H and O–H groups in total. The summed E-state index contributed by atoms with van der Waals surface area (Å²) in [5.41, 5.74) is 2.63. The molecule has 2 aliphatic rings. The molecule has 1 amide bonds. The second-order valence-corrected chi connectivity index (χ2v) is 11.3. The van der Waals surface area contributed by atoms with Gasteiger partial charge in [0.25, 0.3) is 0 Å². The molecule has 2 atom stereocenters. The Hall–Kier alpha value is -2.34. The number of allylic oxidation sites excluding steroid dienone is 1. The number of aromatic nitrogens is 2. The van der Waals surface area contributed by atoms with Gasteiger partial charge < -0.3 is 9.64 Å². The van der Waals surface area contributed by atoms with Crippen LogP contribution in [0.1, 0.15) is 72.4 Å². The van der Waals surface area contributed by atoms with Crippen LogP contribution in [0.2, 0.25) is 0 Å². The second kappa shape index (κ2) is 8.22. The zero-order valence-corrected chi connectivity index (χ0v) is 20.7. The summed E-state index contributed by atoms with van der Waals surface area (Å²) < 4.78 is 7.86. The maximum Gasteiger partial charge on any atom is 0.414 e. The highest BCUT2D eigenvalue weighted by atomic mass is 16.6. The van der Waals surface area contributed by atoms with Gasteiger partial charge >= 0.3 is 6.09 Å². The normalized spacial score (nSPS) is 24.5. The van der Waals surface area contributed by atoms with Gasteiger partial charge in [-0.1, -0.05) is 19.1 Å². The smallest absolute Gasteiger partial charge is 0.414 e. The first kappa shape index (κ1) is 22.8. The third kappa shape index (κ3) is 4.70. The number of likely N-dealkylation sites (tertiary alicyclic amines) is 1. The molecule has 2 aliphatic heterocycles. The van der Waals surface area contributed by atoms with Gasteiger partial charge in [0.2, 0.25) is 0 Å². The Bertz CT molecular complexity index is 1030. The van der Waals surface area contributed by atoms with Crippen LogP contribution >= 0.6 is 0 Å². The van der Waals surface area contributed by atoms with Gasteiger partial charge in [0.15, 0.2) is 0 Å². The summed E-state index contributed by atoms with van der Waals surface area (Å²) >= 11 is 0. The molecule has 1 aromatic heterocycles. The Morgan fingerprint density at radius 2 is 2.00 bits per heavy atom. The highest BCUT2D eigenvalue weighted by Crippen LogP contribution is 2.35. The molecule has 1 fully saturated rings. The molecule has 0 aliphatic carbocycles. The summed E-state index contributed by atoms with van der Waals surface area (Å²) in [4.78, 5) is 17.2. The van der Waals surface area contributed by atoms with Crippen molar-refractivity contribution < 1.29 is 9.53 Å². The number of fused-ring (bicyclic) bond motifs is 1. The third-order valence-corrected chi connectivity index (χ3v) is 6.87. The highest BCUT2D eigenvalue weighted by molar-refractivity contribution is 5.87. The van der Waals surface area contributed by atoms with Crippen molar-refractivity contribution in [1.82, 2.24) is 19.6 Å². The summed E-state index contributed by atoms with van der Waals surface area (Å²) in [6.45, 7) is 14.3. The number of piperidine rings is 1. The molecule has 0 radical (unpaired) electrons. The Morgan fingerprint density at radius 3 is 2.69 bits per heavy atom. The van der Waals surface area contributed by atoms with E-state index in [-0.39, 0.29) is 11.6 Å². The van der Waals surface area contributed by atoms with Crippen molar-refractivity contribution in [1.29, 1.82) is 0 Å². The standard InChI is InChI=1S/C26H38N4O2/c1-18-8-11-23(29(16-18)24(31)32-25(2,3)4)19-9-10-22-20(14-19)17-30(27-22)21-12-13-28(7)26(5,6)15-21/h9-11,14,17-18,21H,8,12-13,15-16H2,1-7H3/t18-,21?/m0/s1. The van der Waals surface area contributed by atoms with Crippen LogP contribution in [0.25, 0.3) is 16.6 Å². The molecule has 0 bridgehead atoms. The maximum atomic E-state index is 12.9. The Morgan fingerprint density at radius 1 is 1.25 bits per heavy atom. The fourth-order valence-electron chi connectivity index (χ4n) is 4.77. The van der Waals surface area contributed by atoms with Gasteiger partial charge in [0.05, 0.1) is 17.3 Å². The molecular formula is C26H38N4O2. The van der Waals surface area contributed by atoms with E-state index in [4.69, 9.17) is 9.84 Å². The number of rotatable bonds is 2. The van der Waals surface area contributed by atoms with E-state index >= 15 is 0 Å². The number of nitrogens with zero attached hydrogens (tertiary/aromatic N) is 4. The second-order valence-electron chi connectivity index (χ2n) is 11.3. The van der Waals surface area contributed by atoms with Crippen molar-refractivity contribution in [2.75, 3.05) is 20.1 Å². The molecule has 1 saturated heterocycles. The first-order valence-electron chi connectivity index (χ1n) is 11.8. The first-order chi connectivity index (χ1) is 14.9. The van der Waals surface area contributed by atoms with Crippen LogP contribution in [0.15, 0.2) is 30.5 Å². The van der Waals surface area contributed by atoms with E-state index in [1.54, 1.807) is 4.90 Å². The maximum absolute atomic E-state index is 12.9. The Balaban J connectivity index is 1.62. The van der Waals surface area contributed by atoms with E-state index < -0.39 is 5.60 Å². The average Bonchev–Trinajstić information content (AvgIpc) is 3.12. The molecule has 0 spiro atoms. The van der Waals surface area contributed by atoms with Gasteiger partial charge in [-0.15, -0.1) is 0 Å². The zero-order valence-electron chi connectivity index (χ0n) is 20.7. The molecular weight excluding hydrogens is 400 g/mol. The number of carbonyl (C=O) groups excluding carboxylic acids is 1. The lowest BCUT2D eigenvalue weighted by Crippen LogP contribution is -2.47. The van der Waals surface area contributed by atoms with Crippen LogP contribution in [0.4, 0.5) is 4.79 Å². The van der Waals surface area contributed by atoms with Gasteiger partial charge in [-0.25, -0.2) is 4.79 Å². The van der Waals surface area contributed by atoms with Crippen LogP contribution in [-0.2, 0) is 4.74 Å². The minimum atomic E-state index is -0.518. The minimum Gasteiger partial charge on any atom is -0.443 e. The quantitative estimate of drug-likeness (QED) is 0.603. The van der Waals surface area contributed by atoms with Gasteiger partial charge in [0.1, 0.15) is 5.60 Å². The predicted molar refractivity (Wildman–Crippen MR) is 129 cm³/mol. The van der Waals surface area contributed by atoms with E-state index in [1.165, 1.54) is 0 Å². The number of hydrogen-bond acceptors (Lipinski definition) is 4. The van der Waals surface area contributed by atoms with Gasteiger partial charge in [-0.2, -0.15) is 5.10 Å². The SMILES string of the molecule is C[C@H]1CC=C(c2ccc3nn(C4CCN(C)C(C)(C)C4)cc3c2)N(C(=O)OC(C)(C)C)C1. The molecule has 4 rings (SSSR count). The van der Waals surface area contributed by atoms with E-state index in [1.807, 2.05) is 20.8 Å². The van der Waals surface area contributed by atoms with Crippen LogP contribution in [0, 0.1) is 5.92 Å². The predicted octanol–water partition coefficient (Wildman–Crippen LogP) is 5.70. The molecule has 1 aromatic carbocycles. The van der Waals surface area contributed by atoms with Crippen molar-refractivity contribution in [2.24, 2.45) is 5.92 Å². The largest absolute Gasteiger partial charge is 0.443 e. The lowest BCUT2D eigenvalue weighted by atomic mass is 9.87. The molecule has 0 saturated carbocycles. The molecule has 3 heterocycles. The minimum absolute atomic E-state index is 0.170. The summed E-state index contributed by atoms with van der Waals surface area (Å²) in [5.74, 6) is 0.408. The number of carbonyl (C=O) groups is 1. The number of benzene rings is 1. The monoisotopic (exact) mass is 438 g/mol. The lowest BCUT2D eigenvalue weighted by molar-refractivity contribution is 0.0327. The van der Waals surface area contributed by atoms with Crippen LogP contribution < -0.4 is 0 Å². The average molecular weight is 439 g/mol. The van der Waals surface area contributed by atoms with Crippen molar-refractivity contribution in [3.63, 3.8) is 0 Å². The van der Waals surface area contributed by atoms with Crippen LogP contribution in [0.3, 0.4) is 0 Å². The molecule has 6 heteroatoms. The molecule has 1 unspecified atom stereocenters. The fourth-order valence-corrected chi connectivity index (χ4v) is 4.77. The topological polar surface area (TPSA) is 50.6 Å². The third-order valence-electron chi connectivity index (χ3n) is 6.87. The summed E-state index contributed by atoms with van der Waals surface area (Å²) in [6.07, 6.45) is 7.21. The van der Waals surface area contributed by atoms with Gasteiger partial charge in [-0.05, 0) is 84.5 Å². The number of ether oxygens (including phenoxy) is 1. The molecule has 2 aromatic rings.